The third-order valence-electron chi connectivity index (χ3n) is 3.48. The lowest BCUT2D eigenvalue weighted by Gasteiger charge is -2.11. The van der Waals surface area contributed by atoms with Crippen LogP contribution in [0.2, 0.25) is 0 Å². The minimum Gasteiger partial charge on any atom is -0.462 e. The Hall–Kier alpha value is -2.14. The van der Waals surface area contributed by atoms with Crippen LogP contribution >= 0.6 is 15.9 Å². The Balaban J connectivity index is 1.99. The second-order valence-electron chi connectivity index (χ2n) is 6.02. The largest absolute Gasteiger partial charge is 0.462 e. The Bertz CT molecular complexity index is 740. The molecule has 2 rings (SSSR count). The standard InChI is InChI=1S/C20H21BrO4/c1-14(2)13-25-20(23)17-9-5-4-8-16(17)19(22)24-12-11-15-7-3-6-10-18(15)21/h3-10,14H,11-13H2,1-2H3. The fourth-order valence-electron chi connectivity index (χ4n) is 2.19. The molecule has 5 heteroatoms. The first kappa shape index (κ1) is 19.2. The van der Waals surface area contributed by atoms with E-state index in [0.717, 1.165) is 10.0 Å². The van der Waals surface area contributed by atoms with Gasteiger partial charge in [-0.25, -0.2) is 9.59 Å². The molecule has 0 aromatic heterocycles. The number of carbonyl (C=O) groups is 2. The Labute approximate surface area is 156 Å². The van der Waals surface area contributed by atoms with Crippen LogP contribution in [0.5, 0.6) is 0 Å². The highest BCUT2D eigenvalue weighted by atomic mass is 79.9. The van der Waals surface area contributed by atoms with E-state index < -0.39 is 11.9 Å². The predicted octanol–water partition coefficient (Wildman–Crippen LogP) is 4.66. The molecule has 0 saturated carbocycles. The zero-order chi connectivity index (χ0) is 18.2. The summed E-state index contributed by atoms with van der Waals surface area (Å²) in [5, 5.41) is 0. The molecule has 0 atom stereocenters. The maximum atomic E-state index is 12.3. The van der Waals surface area contributed by atoms with Crippen molar-refractivity contribution in [2.45, 2.75) is 20.3 Å². The van der Waals surface area contributed by atoms with Gasteiger partial charge in [0.25, 0.3) is 0 Å². The van der Waals surface area contributed by atoms with E-state index in [2.05, 4.69) is 15.9 Å². The molecule has 0 radical (unpaired) electrons. The van der Waals surface area contributed by atoms with Crippen molar-refractivity contribution in [2.75, 3.05) is 13.2 Å². The Morgan fingerprint density at radius 1 is 0.920 bits per heavy atom. The number of rotatable bonds is 7. The number of benzene rings is 2. The van der Waals surface area contributed by atoms with Gasteiger partial charge in [0.05, 0.1) is 24.3 Å². The zero-order valence-electron chi connectivity index (χ0n) is 14.3. The van der Waals surface area contributed by atoms with E-state index in [0.29, 0.717) is 13.0 Å². The van der Waals surface area contributed by atoms with Gasteiger partial charge in [-0.15, -0.1) is 0 Å². The summed E-state index contributed by atoms with van der Waals surface area (Å²) in [7, 11) is 0. The highest BCUT2D eigenvalue weighted by molar-refractivity contribution is 9.10. The number of halogens is 1. The topological polar surface area (TPSA) is 52.6 Å². The van der Waals surface area contributed by atoms with Crippen molar-refractivity contribution in [1.29, 1.82) is 0 Å². The molecule has 0 heterocycles. The second kappa shape index (κ2) is 9.37. The molecule has 0 fully saturated rings. The molecule has 25 heavy (non-hydrogen) atoms. The summed E-state index contributed by atoms with van der Waals surface area (Å²) < 4.78 is 11.5. The van der Waals surface area contributed by atoms with E-state index in [1.165, 1.54) is 0 Å². The lowest BCUT2D eigenvalue weighted by molar-refractivity contribution is 0.0431. The number of hydrogen-bond acceptors (Lipinski definition) is 4. The molecular formula is C20H21BrO4. The third kappa shape index (κ3) is 5.71. The summed E-state index contributed by atoms with van der Waals surface area (Å²) in [6.45, 7) is 4.45. The molecule has 2 aromatic carbocycles. The maximum Gasteiger partial charge on any atom is 0.339 e. The Morgan fingerprint density at radius 3 is 2.08 bits per heavy atom. The smallest absolute Gasteiger partial charge is 0.339 e. The quantitative estimate of drug-likeness (QED) is 0.629. The molecule has 0 bridgehead atoms. The average molecular weight is 405 g/mol. The molecule has 0 aliphatic heterocycles. The van der Waals surface area contributed by atoms with Gasteiger partial charge in [-0.2, -0.15) is 0 Å². The second-order valence-corrected chi connectivity index (χ2v) is 6.87. The van der Waals surface area contributed by atoms with E-state index in [1.807, 2.05) is 38.1 Å². The molecular weight excluding hydrogens is 384 g/mol. The van der Waals surface area contributed by atoms with E-state index in [4.69, 9.17) is 9.47 Å². The van der Waals surface area contributed by atoms with Gasteiger partial charge in [0.1, 0.15) is 0 Å². The minimum absolute atomic E-state index is 0.225. The first-order valence-electron chi connectivity index (χ1n) is 8.15. The Kier molecular flexibility index (Phi) is 7.19. The van der Waals surface area contributed by atoms with Crippen molar-refractivity contribution in [3.63, 3.8) is 0 Å². The van der Waals surface area contributed by atoms with Crippen LogP contribution in [0.15, 0.2) is 53.0 Å². The SMILES string of the molecule is CC(C)COC(=O)c1ccccc1C(=O)OCCc1ccccc1Br. The first-order valence-corrected chi connectivity index (χ1v) is 8.95. The zero-order valence-corrected chi connectivity index (χ0v) is 15.9. The van der Waals surface area contributed by atoms with Crippen molar-refractivity contribution in [2.24, 2.45) is 5.92 Å². The minimum atomic E-state index is -0.524. The molecule has 0 aliphatic rings. The van der Waals surface area contributed by atoms with Crippen LogP contribution in [0.25, 0.3) is 0 Å². The van der Waals surface area contributed by atoms with Gasteiger partial charge in [-0.1, -0.05) is 60.1 Å². The molecule has 0 N–H and O–H groups in total. The third-order valence-corrected chi connectivity index (χ3v) is 4.25. The highest BCUT2D eigenvalue weighted by Gasteiger charge is 2.19. The van der Waals surface area contributed by atoms with Crippen molar-refractivity contribution >= 4 is 27.9 Å². The number of carbonyl (C=O) groups excluding carboxylic acids is 2. The van der Waals surface area contributed by atoms with Crippen LogP contribution in [0.4, 0.5) is 0 Å². The summed E-state index contributed by atoms with van der Waals surface area (Å²) in [4.78, 5) is 24.5. The number of hydrogen-bond donors (Lipinski definition) is 0. The summed E-state index contributed by atoms with van der Waals surface area (Å²) in [6.07, 6.45) is 0.590. The van der Waals surface area contributed by atoms with Crippen molar-refractivity contribution in [1.82, 2.24) is 0 Å². The van der Waals surface area contributed by atoms with Gasteiger partial charge in [0.2, 0.25) is 0 Å². The molecule has 4 nitrogen and oxygen atoms in total. The molecule has 2 aromatic rings. The van der Waals surface area contributed by atoms with Crippen LogP contribution in [-0.2, 0) is 15.9 Å². The van der Waals surface area contributed by atoms with Gasteiger partial charge in [0.15, 0.2) is 0 Å². The lowest BCUT2D eigenvalue weighted by atomic mass is 10.1. The summed E-state index contributed by atoms with van der Waals surface area (Å²) in [5.41, 5.74) is 1.51. The Morgan fingerprint density at radius 2 is 1.48 bits per heavy atom. The van der Waals surface area contributed by atoms with Crippen LogP contribution < -0.4 is 0 Å². The van der Waals surface area contributed by atoms with E-state index in [-0.39, 0.29) is 23.7 Å². The van der Waals surface area contributed by atoms with Gasteiger partial charge in [0, 0.05) is 10.9 Å². The molecule has 0 aliphatic carbocycles. The normalized spacial score (nSPS) is 10.6. The van der Waals surface area contributed by atoms with Gasteiger partial charge < -0.3 is 9.47 Å². The molecule has 132 valence electrons. The predicted molar refractivity (Wildman–Crippen MR) is 99.7 cm³/mol. The van der Waals surface area contributed by atoms with E-state index in [1.54, 1.807) is 24.3 Å². The molecule has 0 saturated heterocycles. The molecule has 0 spiro atoms. The van der Waals surface area contributed by atoms with Gasteiger partial charge in [-0.05, 0) is 29.7 Å². The van der Waals surface area contributed by atoms with Crippen molar-refractivity contribution in [3.05, 3.63) is 69.7 Å². The fraction of sp³-hybridized carbons (Fsp3) is 0.300. The van der Waals surface area contributed by atoms with Crippen molar-refractivity contribution < 1.29 is 19.1 Å². The summed E-state index contributed by atoms with van der Waals surface area (Å²) in [6, 6.07) is 14.3. The van der Waals surface area contributed by atoms with E-state index in [9.17, 15) is 9.59 Å². The van der Waals surface area contributed by atoms with Crippen LogP contribution in [0.1, 0.15) is 40.1 Å². The van der Waals surface area contributed by atoms with Crippen LogP contribution in [-0.4, -0.2) is 25.2 Å². The molecule has 0 amide bonds. The lowest BCUT2D eigenvalue weighted by Crippen LogP contribution is -2.16. The first-order chi connectivity index (χ1) is 12.0. The highest BCUT2D eigenvalue weighted by Crippen LogP contribution is 2.17. The van der Waals surface area contributed by atoms with Crippen LogP contribution in [0.3, 0.4) is 0 Å². The van der Waals surface area contributed by atoms with Gasteiger partial charge in [-0.3, -0.25) is 0 Å². The van der Waals surface area contributed by atoms with Crippen LogP contribution in [0, 0.1) is 5.92 Å². The van der Waals surface area contributed by atoms with Gasteiger partial charge >= 0.3 is 11.9 Å². The van der Waals surface area contributed by atoms with Crippen molar-refractivity contribution in [3.8, 4) is 0 Å². The van der Waals surface area contributed by atoms with E-state index >= 15 is 0 Å². The molecule has 0 unspecified atom stereocenters. The summed E-state index contributed by atoms with van der Waals surface area (Å²) >= 11 is 3.47. The maximum absolute atomic E-state index is 12.3. The summed E-state index contributed by atoms with van der Waals surface area (Å²) in [5.74, 6) is -0.802. The fourth-order valence-corrected chi connectivity index (χ4v) is 2.67. The number of ether oxygens (including phenoxy) is 2. The number of esters is 2. The monoisotopic (exact) mass is 404 g/mol. The average Bonchev–Trinajstić information content (AvgIpc) is 2.61.